The molecule has 3 saturated heterocycles. The first-order chi connectivity index (χ1) is 40.8. The van der Waals surface area contributed by atoms with Crippen LogP contribution in [0.4, 0.5) is 0 Å². The van der Waals surface area contributed by atoms with E-state index in [1.807, 2.05) is 6.08 Å². The quantitative estimate of drug-likeness (QED) is 0.0228. The summed E-state index contributed by atoms with van der Waals surface area (Å²) in [5.74, 6) is -0.297. The van der Waals surface area contributed by atoms with Gasteiger partial charge in [-0.05, 0) is 77.0 Å². The van der Waals surface area contributed by atoms with Crippen LogP contribution in [0.3, 0.4) is 0 Å². The maximum Gasteiger partial charge on any atom is 0.220 e. The van der Waals surface area contributed by atoms with Gasteiger partial charge in [-0.3, -0.25) is 4.79 Å². The minimum absolute atomic E-state index is 0.226. The highest BCUT2D eigenvalue weighted by Gasteiger charge is 2.53. The molecule has 1 amide bonds. The number of hydrogen-bond donors (Lipinski definition) is 12. The topological polar surface area (TPSA) is 307 Å². The zero-order valence-corrected chi connectivity index (χ0v) is 50.3. The Kier molecular flexibility index (Phi) is 41.8. The second-order valence-corrected chi connectivity index (χ2v) is 22.1. The molecule has 3 rings (SSSR count). The van der Waals surface area contributed by atoms with Crippen LogP contribution >= 0.6 is 0 Å². The molecule has 3 aliphatic rings. The fraction of sp³-hybridized carbons (Fsp3) is 0.738. The van der Waals surface area contributed by atoms with Gasteiger partial charge in [0.15, 0.2) is 18.9 Å². The standard InChI is InChI=1S/C65H109NO18/c1-3-5-7-9-11-13-14-15-16-17-18-19-20-21-22-23-24-25-26-27-28-29-30-31-32-33-34-35-37-39-41-43-53(71)66-48(49(70)42-40-38-36-12-10-8-6-4-2)47-79-63-59(77)56(74)61(51(45-68)81-63)84-65-60(78)57(75)62(52(46-69)82-65)83-64-58(76)55(73)54(72)50(44-67)80-64/h5,7,10-13,15-16,18-19,21-22,24-25,40,42,48-52,54-65,67-70,72-78H,3-4,6,8-9,14,17,20,23,26-39,41,43-47H2,1-2H3,(H,66,71)/b7-5-,12-10+,13-11-,16-15-,19-18-,22-21-,25-24-,42-40+. The second-order valence-electron chi connectivity index (χ2n) is 22.1. The van der Waals surface area contributed by atoms with Crippen molar-refractivity contribution >= 4 is 5.91 Å². The molecule has 12 N–H and O–H groups in total. The van der Waals surface area contributed by atoms with Crippen LogP contribution in [0.15, 0.2) is 97.2 Å². The summed E-state index contributed by atoms with van der Waals surface area (Å²) in [5, 5.41) is 120. The monoisotopic (exact) mass is 1190 g/mol. The Morgan fingerprint density at radius 3 is 1.33 bits per heavy atom. The Morgan fingerprint density at radius 1 is 0.440 bits per heavy atom. The lowest BCUT2D eigenvalue weighted by atomic mass is 9.96. The molecule has 3 fully saturated rings. The van der Waals surface area contributed by atoms with E-state index in [1.54, 1.807) is 6.08 Å². The highest BCUT2D eigenvalue weighted by molar-refractivity contribution is 5.76. The molecular formula is C65H109NO18. The van der Waals surface area contributed by atoms with Crippen LogP contribution in [-0.2, 0) is 33.2 Å². The van der Waals surface area contributed by atoms with E-state index in [1.165, 1.54) is 44.9 Å². The minimum Gasteiger partial charge on any atom is -0.394 e. The molecule has 3 heterocycles. The molecule has 19 nitrogen and oxygen atoms in total. The lowest BCUT2D eigenvalue weighted by molar-refractivity contribution is -0.379. The average Bonchev–Trinajstić information content (AvgIpc) is 2.91. The van der Waals surface area contributed by atoms with E-state index in [0.717, 1.165) is 96.3 Å². The molecule has 0 aromatic carbocycles. The predicted molar refractivity (Wildman–Crippen MR) is 323 cm³/mol. The van der Waals surface area contributed by atoms with E-state index in [2.05, 4.69) is 104 Å². The Balaban J connectivity index is 1.36. The van der Waals surface area contributed by atoms with Gasteiger partial charge in [-0.15, -0.1) is 0 Å². The maximum absolute atomic E-state index is 13.3. The van der Waals surface area contributed by atoms with Gasteiger partial charge in [0.25, 0.3) is 0 Å². The highest BCUT2D eigenvalue weighted by Crippen LogP contribution is 2.33. The van der Waals surface area contributed by atoms with E-state index in [9.17, 15) is 61.0 Å². The third-order valence-corrected chi connectivity index (χ3v) is 15.1. The molecule has 17 unspecified atom stereocenters. The van der Waals surface area contributed by atoms with Crippen LogP contribution in [0.25, 0.3) is 0 Å². The SMILES string of the molecule is CC/C=C\C/C=C\C/C=C\C/C=C\C/C=C\C/C=C\CCCCCCCCCCCCCCC(=O)NC(COC1OC(CO)C(OC2OC(CO)C(OC3OC(CO)C(O)C(O)C3O)C(O)C2O)C(O)C1O)C(O)/C=C/CC/C=C/CCCC. The van der Waals surface area contributed by atoms with Gasteiger partial charge < -0.3 is 89.9 Å². The van der Waals surface area contributed by atoms with Crippen molar-refractivity contribution in [1.82, 2.24) is 5.32 Å². The summed E-state index contributed by atoms with van der Waals surface area (Å²) in [6.45, 7) is 1.47. The number of unbranched alkanes of at least 4 members (excludes halogenated alkanes) is 15. The van der Waals surface area contributed by atoms with Crippen molar-refractivity contribution in [2.75, 3.05) is 26.4 Å². The summed E-state index contributed by atoms with van der Waals surface area (Å²) in [7, 11) is 0. The normalized spacial score (nSPS) is 29.8. The highest BCUT2D eigenvalue weighted by atomic mass is 16.8. The zero-order chi connectivity index (χ0) is 61.2. The molecule has 0 aromatic heterocycles. The van der Waals surface area contributed by atoms with Crippen LogP contribution in [-0.4, -0.2) is 193 Å². The van der Waals surface area contributed by atoms with Crippen LogP contribution in [0, 0.1) is 0 Å². The van der Waals surface area contributed by atoms with Gasteiger partial charge in [-0.2, -0.15) is 0 Å². The number of allylic oxidation sites excluding steroid dienone is 15. The molecule has 19 heteroatoms. The zero-order valence-electron chi connectivity index (χ0n) is 50.3. The first-order valence-corrected chi connectivity index (χ1v) is 31.5. The van der Waals surface area contributed by atoms with Gasteiger partial charge in [0.2, 0.25) is 5.91 Å². The summed E-state index contributed by atoms with van der Waals surface area (Å²) < 4.78 is 34.1. The third kappa shape index (κ3) is 29.6. The fourth-order valence-corrected chi connectivity index (χ4v) is 9.96. The van der Waals surface area contributed by atoms with Crippen LogP contribution in [0.1, 0.15) is 174 Å². The lowest BCUT2D eigenvalue weighted by Crippen LogP contribution is -2.66. The summed E-state index contributed by atoms with van der Waals surface area (Å²) in [6.07, 6.45) is 32.9. The van der Waals surface area contributed by atoms with E-state index < -0.39 is 124 Å². The number of ether oxygens (including phenoxy) is 6. The van der Waals surface area contributed by atoms with E-state index >= 15 is 0 Å². The van der Waals surface area contributed by atoms with E-state index in [0.29, 0.717) is 12.8 Å². The number of amides is 1. The Morgan fingerprint density at radius 2 is 0.833 bits per heavy atom. The van der Waals surface area contributed by atoms with E-state index in [4.69, 9.17) is 28.4 Å². The summed E-state index contributed by atoms with van der Waals surface area (Å²) in [5.41, 5.74) is 0. The van der Waals surface area contributed by atoms with Crippen molar-refractivity contribution < 1.29 is 89.4 Å². The number of aliphatic hydroxyl groups excluding tert-OH is 11. The smallest absolute Gasteiger partial charge is 0.220 e. The number of rotatable bonds is 45. The van der Waals surface area contributed by atoms with Crippen LogP contribution in [0.2, 0.25) is 0 Å². The number of nitrogens with one attached hydrogen (secondary N) is 1. The van der Waals surface area contributed by atoms with Crippen molar-refractivity contribution in [3.63, 3.8) is 0 Å². The summed E-state index contributed by atoms with van der Waals surface area (Å²) in [4.78, 5) is 13.3. The Labute approximate surface area is 501 Å². The molecule has 0 spiro atoms. The number of aliphatic hydroxyl groups is 11. The van der Waals surface area contributed by atoms with Crippen molar-refractivity contribution in [3.05, 3.63) is 97.2 Å². The van der Waals surface area contributed by atoms with Gasteiger partial charge in [-0.25, -0.2) is 0 Å². The molecule has 0 aromatic rings. The van der Waals surface area contributed by atoms with Crippen LogP contribution in [0.5, 0.6) is 0 Å². The number of carbonyl (C=O) groups is 1. The summed E-state index contributed by atoms with van der Waals surface area (Å²) >= 11 is 0. The van der Waals surface area contributed by atoms with Crippen LogP contribution < -0.4 is 5.32 Å². The van der Waals surface area contributed by atoms with Gasteiger partial charge in [0.05, 0.1) is 38.6 Å². The third-order valence-electron chi connectivity index (χ3n) is 15.1. The Hall–Kier alpha value is -3.29. The van der Waals surface area contributed by atoms with Gasteiger partial charge in [0, 0.05) is 6.42 Å². The molecule has 17 atom stereocenters. The van der Waals surface area contributed by atoms with Crippen molar-refractivity contribution in [2.45, 2.75) is 279 Å². The molecule has 482 valence electrons. The molecule has 84 heavy (non-hydrogen) atoms. The number of hydrogen-bond acceptors (Lipinski definition) is 18. The minimum atomic E-state index is -1.98. The summed E-state index contributed by atoms with van der Waals surface area (Å²) in [6, 6.07) is -0.994. The molecule has 3 aliphatic heterocycles. The largest absolute Gasteiger partial charge is 0.394 e. The second kappa shape index (κ2) is 46.8. The van der Waals surface area contributed by atoms with Gasteiger partial charge in [-0.1, -0.05) is 188 Å². The van der Waals surface area contributed by atoms with Crippen molar-refractivity contribution in [2.24, 2.45) is 0 Å². The molecule has 0 bridgehead atoms. The van der Waals surface area contributed by atoms with E-state index in [-0.39, 0.29) is 18.9 Å². The fourth-order valence-electron chi connectivity index (χ4n) is 9.96. The molecule has 0 saturated carbocycles. The van der Waals surface area contributed by atoms with Gasteiger partial charge in [0.1, 0.15) is 73.2 Å². The first-order valence-electron chi connectivity index (χ1n) is 31.5. The Bertz CT molecular complexity index is 1910. The first kappa shape index (κ1) is 75.0. The number of carbonyl (C=O) groups excluding carboxylic acids is 1. The van der Waals surface area contributed by atoms with Crippen molar-refractivity contribution in [1.29, 1.82) is 0 Å². The molecular weight excluding hydrogens is 1080 g/mol. The lowest BCUT2D eigenvalue weighted by Gasteiger charge is -2.48. The molecule has 0 aliphatic carbocycles. The van der Waals surface area contributed by atoms with Gasteiger partial charge >= 0.3 is 0 Å². The van der Waals surface area contributed by atoms with Crippen molar-refractivity contribution in [3.8, 4) is 0 Å². The predicted octanol–water partition coefficient (Wildman–Crippen LogP) is 6.54. The maximum atomic E-state index is 13.3. The molecule has 0 radical (unpaired) electrons. The average molecular weight is 1190 g/mol.